The van der Waals surface area contributed by atoms with Crippen LogP contribution in [0.25, 0.3) is 0 Å². The molecule has 0 fully saturated rings. The molecule has 0 bridgehead atoms. The number of nitrogens with one attached hydrogen (secondary N) is 1. The van der Waals surface area contributed by atoms with Gasteiger partial charge in [0.15, 0.2) is 0 Å². The van der Waals surface area contributed by atoms with Crippen molar-refractivity contribution in [3.8, 4) is 0 Å². The molecule has 0 radical (unpaired) electrons. The Morgan fingerprint density at radius 2 is 1.67 bits per heavy atom. The maximum atomic E-state index is 10.4. The van der Waals surface area contributed by atoms with Crippen molar-refractivity contribution in [3.05, 3.63) is 0 Å². The third-order valence-corrected chi connectivity index (χ3v) is 4.53. The minimum Gasteiger partial charge on any atom is -0.385 e. The lowest BCUT2D eigenvalue weighted by atomic mass is 10.1. The molecular formula is C11H25NO4S2. The van der Waals surface area contributed by atoms with Crippen molar-refractivity contribution in [3.63, 3.8) is 0 Å². The van der Waals surface area contributed by atoms with Gasteiger partial charge >= 0.3 is 9.15 Å². The molecule has 0 saturated heterocycles. The summed E-state index contributed by atoms with van der Waals surface area (Å²) in [6.45, 7) is 2.37. The summed E-state index contributed by atoms with van der Waals surface area (Å²) < 4.78 is 34.2. The van der Waals surface area contributed by atoms with Crippen LogP contribution >= 0.6 is 10.8 Å². The topological polar surface area (TPSA) is 75.6 Å². The van der Waals surface area contributed by atoms with E-state index >= 15 is 0 Å². The molecule has 18 heavy (non-hydrogen) atoms. The van der Waals surface area contributed by atoms with Crippen LogP contribution in [-0.4, -0.2) is 45.5 Å². The molecule has 7 heteroatoms. The fourth-order valence-electron chi connectivity index (χ4n) is 1.55. The number of unbranched alkanes of at least 4 members (excludes halogenated alkanes) is 5. The monoisotopic (exact) mass is 299 g/mol. The molecule has 0 aliphatic heterocycles. The fourth-order valence-corrected chi connectivity index (χ4v) is 2.87. The second-order valence-corrected chi connectivity index (χ2v) is 7.58. The van der Waals surface area contributed by atoms with Crippen molar-refractivity contribution in [1.29, 1.82) is 0 Å². The van der Waals surface area contributed by atoms with Crippen molar-refractivity contribution >= 4 is 19.9 Å². The van der Waals surface area contributed by atoms with E-state index in [0.29, 0.717) is 23.1 Å². The first-order valence-corrected chi connectivity index (χ1v) is 9.32. The van der Waals surface area contributed by atoms with Crippen LogP contribution in [0.1, 0.15) is 38.5 Å². The van der Waals surface area contributed by atoms with Gasteiger partial charge in [0.25, 0.3) is 0 Å². The zero-order chi connectivity index (χ0) is 13.7. The van der Waals surface area contributed by atoms with Gasteiger partial charge in [0.1, 0.15) is 0 Å². The van der Waals surface area contributed by atoms with Crippen LogP contribution in [0.3, 0.4) is 0 Å². The Kier molecular flexibility index (Phi) is 12.3. The Bertz CT molecular complexity index is 270. The molecule has 0 aliphatic carbocycles. The molecule has 110 valence electrons. The third kappa shape index (κ3) is 16.2. The van der Waals surface area contributed by atoms with Gasteiger partial charge in [0, 0.05) is 26.0 Å². The first kappa shape index (κ1) is 18.2. The third-order valence-electron chi connectivity index (χ3n) is 2.46. The summed E-state index contributed by atoms with van der Waals surface area (Å²) in [4.78, 5) is 0. The van der Waals surface area contributed by atoms with Gasteiger partial charge in [-0.05, 0) is 30.2 Å². The molecule has 5 nitrogen and oxygen atoms in total. The molecular weight excluding hydrogens is 274 g/mol. The van der Waals surface area contributed by atoms with Crippen molar-refractivity contribution in [2.24, 2.45) is 0 Å². The molecule has 0 heterocycles. The molecule has 0 amide bonds. The quantitative estimate of drug-likeness (QED) is 0.308. The molecule has 0 aliphatic rings. The lowest BCUT2D eigenvalue weighted by Gasteiger charge is -2.04. The zero-order valence-corrected chi connectivity index (χ0v) is 12.7. The first-order chi connectivity index (χ1) is 8.56. The lowest BCUT2D eigenvalue weighted by Crippen LogP contribution is -2.18. The van der Waals surface area contributed by atoms with E-state index in [4.69, 9.17) is 9.29 Å². The molecule has 2 N–H and O–H groups in total. The second-order valence-electron chi connectivity index (χ2n) is 4.11. The molecule has 0 saturated carbocycles. The number of hydrogen-bond donors (Lipinski definition) is 2. The van der Waals surface area contributed by atoms with Gasteiger partial charge in [-0.3, -0.25) is 4.55 Å². The number of hydrogen-bond acceptors (Lipinski definition) is 5. The fraction of sp³-hybridized carbons (Fsp3) is 1.00. The SMILES string of the molecule is COCCCCCCCCNCCSS(=O)(=O)O. The summed E-state index contributed by atoms with van der Waals surface area (Å²) in [5.41, 5.74) is 0. The van der Waals surface area contributed by atoms with E-state index in [1.54, 1.807) is 7.11 Å². The van der Waals surface area contributed by atoms with E-state index in [-0.39, 0.29) is 0 Å². The van der Waals surface area contributed by atoms with Crippen molar-refractivity contribution in [2.75, 3.05) is 32.6 Å². The molecule has 0 aromatic carbocycles. The Balaban J connectivity index is 3.03. The minimum absolute atomic E-state index is 0.385. The molecule has 0 atom stereocenters. The summed E-state index contributed by atoms with van der Waals surface area (Å²) in [5.74, 6) is 0.385. The molecule has 0 unspecified atom stereocenters. The van der Waals surface area contributed by atoms with Gasteiger partial charge in [0.2, 0.25) is 0 Å². The van der Waals surface area contributed by atoms with E-state index < -0.39 is 9.15 Å². The largest absolute Gasteiger partial charge is 0.385 e. The van der Waals surface area contributed by atoms with Crippen LogP contribution in [0.4, 0.5) is 0 Å². The molecule has 0 rings (SSSR count). The van der Waals surface area contributed by atoms with E-state index in [9.17, 15) is 8.42 Å². The summed E-state index contributed by atoms with van der Waals surface area (Å²) in [6, 6.07) is 0. The van der Waals surface area contributed by atoms with E-state index in [1.807, 2.05) is 0 Å². The lowest BCUT2D eigenvalue weighted by molar-refractivity contribution is 0.192. The van der Waals surface area contributed by atoms with Crippen LogP contribution in [0, 0.1) is 0 Å². The molecule has 0 aromatic heterocycles. The highest BCUT2D eigenvalue weighted by Gasteiger charge is 2.03. The minimum atomic E-state index is -3.87. The highest BCUT2D eigenvalue weighted by molar-refractivity contribution is 8.69. The Morgan fingerprint density at radius 3 is 2.28 bits per heavy atom. The predicted octanol–water partition coefficient (Wildman–Crippen LogP) is 2.10. The normalized spacial score (nSPS) is 11.9. The number of rotatable bonds is 13. The second kappa shape index (κ2) is 12.2. The van der Waals surface area contributed by atoms with Gasteiger partial charge in [-0.15, -0.1) is 0 Å². The van der Waals surface area contributed by atoms with Gasteiger partial charge in [-0.25, -0.2) is 0 Å². The van der Waals surface area contributed by atoms with Gasteiger partial charge in [-0.1, -0.05) is 25.7 Å². The highest BCUT2D eigenvalue weighted by Crippen LogP contribution is 2.07. The molecule has 0 spiro atoms. The summed E-state index contributed by atoms with van der Waals surface area (Å²) in [7, 11) is -1.58. The summed E-state index contributed by atoms with van der Waals surface area (Å²) in [5, 5.41) is 3.15. The molecule has 0 aromatic rings. The average Bonchev–Trinajstić information content (AvgIpc) is 2.29. The first-order valence-electron chi connectivity index (χ1n) is 6.38. The van der Waals surface area contributed by atoms with Crippen molar-refractivity contribution in [2.45, 2.75) is 38.5 Å². The average molecular weight is 299 g/mol. The van der Waals surface area contributed by atoms with Crippen LogP contribution < -0.4 is 5.32 Å². The zero-order valence-electron chi connectivity index (χ0n) is 11.1. The van der Waals surface area contributed by atoms with Crippen molar-refractivity contribution < 1.29 is 17.7 Å². The predicted molar refractivity (Wildman–Crippen MR) is 76.5 cm³/mol. The van der Waals surface area contributed by atoms with Gasteiger partial charge < -0.3 is 10.1 Å². The maximum Gasteiger partial charge on any atom is 0.319 e. The van der Waals surface area contributed by atoms with Crippen LogP contribution in [0.2, 0.25) is 0 Å². The van der Waals surface area contributed by atoms with Crippen molar-refractivity contribution in [1.82, 2.24) is 5.32 Å². The Hall–Kier alpha value is 0.180. The Morgan fingerprint density at radius 1 is 1.06 bits per heavy atom. The van der Waals surface area contributed by atoms with E-state index in [2.05, 4.69) is 5.32 Å². The summed E-state index contributed by atoms with van der Waals surface area (Å²) in [6.07, 6.45) is 7.17. The maximum absolute atomic E-state index is 10.4. The smallest absolute Gasteiger partial charge is 0.319 e. The summed E-state index contributed by atoms with van der Waals surface area (Å²) >= 11 is 0. The number of ether oxygens (including phenoxy) is 1. The van der Waals surface area contributed by atoms with Gasteiger partial charge in [0.05, 0.1) is 0 Å². The highest BCUT2D eigenvalue weighted by atomic mass is 33.1. The van der Waals surface area contributed by atoms with Crippen LogP contribution in [0.5, 0.6) is 0 Å². The van der Waals surface area contributed by atoms with Crippen LogP contribution in [-0.2, 0) is 13.9 Å². The number of methoxy groups -OCH3 is 1. The Labute approximate surface area is 114 Å². The standard InChI is InChI=1S/C11H25NO4S2/c1-16-10-7-5-3-2-4-6-8-12-9-11-17-18(13,14)15/h12H,2-11H2,1H3,(H,13,14,15). The van der Waals surface area contributed by atoms with Gasteiger partial charge in [-0.2, -0.15) is 8.42 Å². The van der Waals surface area contributed by atoms with E-state index in [1.165, 1.54) is 25.7 Å². The van der Waals surface area contributed by atoms with E-state index in [0.717, 1.165) is 26.0 Å². The van der Waals surface area contributed by atoms with Crippen LogP contribution in [0.15, 0.2) is 0 Å².